The van der Waals surface area contributed by atoms with Crippen LogP contribution in [0.5, 0.6) is 0 Å². The summed E-state index contributed by atoms with van der Waals surface area (Å²) in [6.07, 6.45) is 1.48. The first kappa shape index (κ1) is 19.1. The molecule has 0 saturated carbocycles. The minimum Gasteiger partial charge on any atom is -0.338 e. The van der Waals surface area contributed by atoms with Crippen molar-refractivity contribution in [2.45, 2.75) is 31.2 Å². The van der Waals surface area contributed by atoms with Crippen molar-refractivity contribution >= 4 is 27.5 Å². The van der Waals surface area contributed by atoms with Gasteiger partial charge in [0.2, 0.25) is 15.9 Å². The van der Waals surface area contributed by atoms with Crippen LogP contribution in [0.1, 0.15) is 34.3 Å². The first-order valence-corrected chi connectivity index (χ1v) is 10.1. The molecule has 2 aromatic carbocycles. The highest BCUT2D eigenvalue weighted by atomic mass is 32.2. The van der Waals surface area contributed by atoms with Crippen molar-refractivity contribution in [2.24, 2.45) is 5.14 Å². The lowest BCUT2D eigenvalue weighted by Gasteiger charge is -2.15. The summed E-state index contributed by atoms with van der Waals surface area (Å²) in [6, 6.07) is 11.5. The second-order valence-electron chi connectivity index (χ2n) is 6.60. The van der Waals surface area contributed by atoms with E-state index in [-0.39, 0.29) is 16.7 Å². The van der Waals surface area contributed by atoms with Gasteiger partial charge >= 0.3 is 0 Å². The lowest BCUT2D eigenvalue weighted by molar-refractivity contribution is -0.128. The van der Waals surface area contributed by atoms with E-state index in [1.54, 1.807) is 36.1 Å². The maximum absolute atomic E-state index is 12.4. The van der Waals surface area contributed by atoms with Crippen molar-refractivity contribution in [3.8, 4) is 0 Å². The predicted molar refractivity (Wildman–Crippen MR) is 102 cm³/mol. The third-order valence-electron chi connectivity index (χ3n) is 4.51. The van der Waals surface area contributed by atoms with E-state index in [4.69, 9.17) is 5.14 Å². The van der Waals surface area contributed by atoms with E-state index in [1.165, 1.54) is 6.07 Å². The second kappa shape index (κ2) is 7.50. The quantitative estimate of drug-likeness (QED) is 0.818. The number of nitrogens with one attached hydrogen (secondary N) is 1. The lowest BCUT2D eigenvalue weighted by atomic mass is 10.1. The molecule has 0 radical (unpaired) electrons. The molecule has 2 amide bonds. The third-order valence-corrected chi connectivity index (χ3v) is 5.57. The van der Waals surface area contributed by atoms with Gasteiger partial charge in [0.15, 0.2) is 0 Å². The van der Waals surface area contributed by atoms with Crippen molar-refractivity contribution in [2.75, 3.05) is 11.9 Å². The number of nitrogens with two attached hydrogens (primary N) is 1. The third kappa shape index (κ3) is 4.53. The molecule has 142 valence electrons. The summed E-state index contributed by atoms with van der Waals surface area (Å²) in [5.74, 6) is -0.204. The zero-order valence-corrected chi connectivity index (χ0v) is 15.8. The number of rotatable bonds is 5. The summed E-state index contributed by atoms with van der Waals surface area (Å²) in [4.78, 5) is 25.9. The summed E-state index contributed by atoms with van der Waals surface area (Å²) in [6.45, 7) is 2.94. The molecule has 7 nitrogen and oxygen atoms in total. The van der Waals surface area contributed by atoms with Crippen LogP contribution in [-0.2, 0) is 21.4 Å². The summed E-state index contributed by atoms with van der Waals surface area (Å²) in [5.41, 5.74) is 2.25. The summed E-state index contributed by atoms with van der Waals surface area (Å²) < 4.78 is 23.2. The summed E-state index contributed by atoms with van der Waals surface area (Å²) in [7, 11) is -3.86. The molecule has 27 heavy (non-hydrogen) atoms. The number of nitrogens with zero attached hydrogens (tertiary/aromatic N) is 1. The van der Waals surface area contributed by atoms with E-state index in [0.29, 0.717) is 29.8 Å². The molecule has 1 heterocycles. The molecule has 0 unspecified atom stereocenters. The first-order chi connectivity index (χ1) is 12.7. The molecular weight excluding hydrogens is 366 g/mol. The van der Waals surface area contributed by atoms with E-state index in [2.05, 4.69) is 5.32 Å². The van der Waals surface area contributed by atoms with Gasteiger partial charge in [-0.2, -0.15) is 0 Å². The predicted octanol–water partition coefficient (Wildman–Crippen LogP) is 2.02. The first-order valence-electron chi connectivity index (χ1n) is 8.55. The minimum absolute atomic E-state index is 0.0223. The Kier molecular flexibility index (Phi) is 5.29. The molecule has 1 fully saturated rings. The number of anilines is 1. The van der Waals surface area contributed by atoms with E-state index >= 15 is 0 Å². The number of primary sulfonamides is 1. The van der Waals surface area contributed by atoms with Gasteiger partial charge in [-0.25, -0.2) is 13.6 Å². The van der Waals surface area contributed by atoms with Crippen LogP contribution in [0.2, 0.25) is 0 Å². The number of carbonyl (C=O) groups is 2. The van der Waals surface area contributed by atoms with Gasteiger partial charge < -0.3 is 10.2 Å². The van der Waals surface area contributed by atoms with E-state index < -0.39 is 10.0 Å². The normalized spacial score (nSPS) is 14.4. The molecule has 1 saturated heterocycles. The zero-order chi connectivity index (χ0) is 19.6. The maximum Gasteiger partial charge on any atom is 0.255 e. The van der Waals surface area contributed by atoms with Crippen molar-refractivity contribution < 1.29 is 18.0 Å². The Hall–Kier alpha value is -2.71. The van der Waals surface area contributed by atoms with Gasteiger partial charge in [-0.15, -0.1) is 0 Å². The average Bonchev–Trinajstić information content (AvgIpc) is 3.01. The Morgan fingerprint density at radius 1 is 1.19 bits per heavy atom. The highest BCUT2D eigenvalue weighted by Crippen LogP contribution is 2.20. The molecule has 3 rings (SSSR count). The van der Waals surface area contributed by atoms with Gasteiger partial charge in [-0.1, -0.05) is 18.2 Å². The van der Waals surface area contributed by atoms with Crippen molar-refractivity contribution in [3.63, 3.8) is 0 Å². The van der Waals surface area contributed by atoms with Gasteiger partial charge in [-0.05, 0) is 48.7 Å². The van der Waals surface area contributed by atoms with E-state index in [0.717, 1.165) is 18.5 Å². The van der Waals surface area contributed by atoms with Gasteiger partial charge in [0.05, 0.1) is 4.90 Å². The maximum atomic E-state index is 12.4. The van der Waals surface area contributed by atoms with E-state index in [1.807, 2.05) is 12.1 Å². The van der Waals surface area contributed by atoms with Gasteiger partial charge in [0, 0.05) is 30.8 Å². The number of sulfonamides is 1. The molecule has 0 spiro atoms. The Morgan fingerprint density at radius 2 is 1.89 bits per heavy atom. The Labute approximate surface area is 158 Å². The number of likely N-dealkylation sites (tertiary alicyclic amines) is 1. The fraction of sp³-hybridized carbons (Fsp3) is 0.263. The number of aryl methyl sites for hydroxylation is 1. The number of carbonyl (C=O) groups excluding carboxylic acids is 2. The monoisotopic (exact) mass is 387 g/mol. The zero-order valence-electron chi connectivity index (χ0n) is 14.9. The number of hydrogen-bond acceptors (Lipinski definition) is 4. The molecule has 1 aliphatic heterocycles. The van der Waals surface area contributed by atoms with E-state index in [9.17, 15) is 18.0 Å². The number of benzene rings is 2. The van der Waals surface area contributed by atoms with Gasteiger partial charge in [0.25, 0.3) is 5.91 Å². The van der Waals surface area contributed by atoms with Crippen LogP contribution in [0.3, 0.4) is 0 Å². The highest BCUT2D eigenvalue weighted by molar-refractivity contribution is 7.89. The van der Waals surface area contributed by atoms with Crippen LogP contribution in [0.4, 0.5) is 5.69 Å². The Morgan fingerprint density at radius 3 is 2.48 bits per heavy atom. The standard InChI is InChI=1S/C19H21N3O4S/c1-13-4-9-16(11-17(13)27(20,25)26)21-19(24)15-7-5-14(6-8-15)12-22-10-2-3-18(22)23/h4-9,11H,2-3,10,12H2,1H3,(H,21,24)(H2,20,25,26). The molecule has 0 atom stereocenters. The van der Waals surface area contributed by atoms with Crippen LogP contribution < -0.4 is 10.5 Å². The number of hydrogen-bond donors (Lipinski definition) is 2. The van der Waals surface area contributed by atoms with Crippen LogP contribution >= 0.6 is 0 Å². The fourth-order valence-electron chi connectivity index (χ4n) is 3.04. The molecule has 3 N–H and O–H groups in total. The minimum atomic E-state index is -3.86. The molecule has 8 heteroatoms. The topological polar surface area (TPSA) is 110 Å². The van der Waals surface area contributed by atoms with Crippen LogP contribution in [0.25, 0.3) is 0 Å². The fourth-order valence-corrected chi connectivity index (χ4v) is 3.85. The Balaban J connectivity index is 1.70. The largest absolute Gasteiger partial charge is 0.338 e. The second-order valence-corrected chi connectivity index (χ2v) is 8.13. The molecule has 1 aliphatic rings. The van der Waals surface area contributed by atoms with Crippen LogP contribution in [0, 0.1) is 6.92 Å². The van der Waals surface area contributed by atoms with Crippen molar-refractivity contribution in [1.29, 1.82) is 0 Å². The SMILES string of the molecule is Cc1ccc(NC(=O)c2ccc(CN3CCCC3=O)cc2)cc1S(N)(=O)=O. The van der Waals surface area contributed by atoms with Crippen molar-refractivity contribution in [1.82, 2.24) is 4.90 Å². The molecule has 0 aromatic heterocycles. The van der Waals surface area contributed by atoms with Crippen LogP contribution in [-0.4, -0.2) is 31.7 Å². The summed E-state index contributed by atoms with van der Waals surface area (Å²) in [5, 5.41) is 7.87. The van der Waals surface area contributed by atoms with Gasteiger partial charge in [0.1, 0.15) is 0 Å². The van der Waals surface area contributed by atoms with Gasteiger partial charge in [-0.3, -0.25) is 9.59 Å². The van der Waals surface area contributed by atoms with Crippen molar-refractivity contribution in [3.05, 3.63) is 59.2 Å². The molecule has 0 bridgehead atoms. The van der Waals surface area contributed by atoms with Crippen LogP contribution in [0.15, 0.2) is 47.4 Å². The Bertz CT molecular complexity index is 985. The molecular formula is C19H21N3O4S. The highest BCUT2D eigenvalue weighted by Gasteiger charge is 2.20. The number of amides is 2. The smallest absolute Gasteiger partial charge is 0.255 e. The molecule has 0 aliphatic carbocycles. The summed E-state index contributed by atoms with van der Waals surface area (Å²) >= 11 is 0. The lowest BCUT2D eigenvalue weighted by Crippen LogP contribution is -2.23. The molecule has 2 aromatic rings. The average molecular weight is 387 g/mol.